The van der Waals surface area contributed by atoms with Gasteiger partial charge in [0, 0.05) is 6.20 Å². The second kappa shape index (κ2) is 5.65. The summed E-state index contributed by atoms with van der Waals surface area (Å²) in [6.07, 6.45) is -3.13. The Kier molecular flexibility index (Phi) is 4.28. The van der Waals surface area contributed by atoms with Gasteiger partial charge in [0.05, 0.1) is 6.61 Å². The first-order valence-corrected chi connectivity index (χ1v) is 7.57. The van der Waals surface area contributed by atoms with Gasteiger partial charge in [-0.1, -0.05) is 18.3 Å². The van der Waals surface area contributed by atoms with Crippen molar-refractivity contribution in [1.82, 2.24) is 9.38 Å². The molecule has 0 aromatic carbocycles. The van der Waals surface area contributed by atoms with Crippen LogP contribution in [-0.4, -0.2) is 27.7 Å². The first-order chi connectivity index (χ1) is 9.38. The van der Waals surface area contributed by atoms with E-state index in [2.05, 4.69) is 4.98 Å². The number of carbonyl (C=O) groups is 1. The van der Waals surface area contributed by atoms with E-state index in [4.69, 9.17) is 4.74 Å². The van der Waals surface area contributed by atoms with Gasteiger partial charge < -0.3 is 4.74 Å². The summed E-state index contributed by atoms with van der Waals surface area (Å²) < 4.78 is 44.9. The van der Waals surface area contributed by atoms with E-state index in [0.717, 1.165) is 11.8 Å². The van der Waals surface area contributed by atoms with Gasteiger partial charge in [-0.05, 0) is 12.7 Å². The molecule has 2 aromatic rings. The van der Waals surface area contributed by atoms with E-state index in [9.17, 15) is 18.0 Å². The van der Waals surface area contributed by atoms with Gasteiger partial charge in [0.1, 0.15) is 9.90 Å². The number of imidazole rings is 1. The fraction of sp³-hybridized carbons (Fsp3) is 0.455. The first-order valence-electron chi connectivity index (χ1n) is 5.77. The fourth-order valence-corrected chi connectivity index (χ4v) is 3.61. The minimum absolute atomic E-state index is 0.0183. The zero-order chi connectivity index (χ0) is 14.9. The number of hydrogen-bond acceptors (Lipinski definition) is 5. The van der Waals surface area contributed by atoms with Gasteiger partial charge >= 0.3 is 12.1 Å². The van der Waals surface area contributed by atoms with Crippen LogP contribution >= 0.6 is 23.1 Å². The molecule has 0 saturated heterocycles. The van der Waals surface area contributed by atoms with Crippen molar-refractivity contribution in [2.75, 3.05) is 12.4 Å². The molecule has 0 amide bonds. The van der Waals surface area contributed by atoms with Crippen molar-refractivity contribution in [2.24, 2.45) is 0 Å². The van der Waals surface area contributed by atoms with Crippen LogP contribution in [0, 0.1) is 0 Å². The van der Waals surface area contributed by atoms with Crippen LogP contribution in [0.2, 0.25) is 0 Å². The third-order valence-electron chi connectivity index (χ3n) is 2.30. The monoisotopic (exact) mass is 324 g/mol. The molecule has 2 aromatic heterocycles. The molecule has 0 aliphatic heterocycles. The average molecular weight is 324 g/mol. The van der Waals surface area contributed by atoms with Crippen molar-refractivity contribution < 1.29 is 22.7 Å². The summed E-state index contributed by atoms with van der Waals surface area (Å²) in [5.74, 6) is -0.147. The van der Waals surface area contributed by atoms with E-state index in [1.807, 2.05) is 0 Å². The normalized spacial score (nSPS) is 12.1. The summed E-state index contributed by atoms with van der Waals surface area (Å²) in [6, 6.07) is 0. The van der Waals surface area contributed by atoms with E-state index in [1.54, 1.807) is 13.8 Å². The van der Waals surface area contributed by atoms with Crippen molar-refractivity contribution in [2.45, 2.75) is 25.0 Å². The van der Waals surface area contributed by atoms with Gasteiger partial charge in [0.25, 0.3) is 0 Å². The van der Waals surface area contributed by atoms with Crippen LogP contribution in [0.4, 0.5) is 13.2 Å². The van der Waals surface area contributed by atoms with Crippen LogP contribution < -0.4 is 0 Å². The van der Waals surface area contributed by atoms with Crippen molar-refractivity contribution in [1.29, 1.82) is 0 Å². The van der Waals surface area contributed by atoms with Crippen molar-refractivity contribution >= 4 is 34.0 Å². The number of halogens is 3. The molecule has 0 N–H and O–H groups in total. The lowest BCUT2D eigenvalue weighted by Crippen LogP contribution is -2.06. The summed E-state index contributed by atoms with van der Waals surface area (Å²) in [5, 5.41) is 0.0584. The number of aromatic nitrogens is 2. The Morgan fingerprint density at radius 3 is 2.75 bits per heavy atom. The maximum absolute atomic E-state index is 12.9. The van der Waals surface area contributed by atoms with E-state index in [-0.39, 0.29) is 22.3 Å². The van der Waals surface area contributed by atoms with Crippen LogP contribution in [0.25, 0.3) is 4.96 Å². The number of hydrogen-bond donors (Lipinski definition) is 0. The number of carbonyl (C=O) groups excluding carboxylic acids is 1. The van der Waals surface area contributed by atoms with Crippen molar-refractivity contribution in [3.8, 4) is 0 Å². The summed E-state index contributed by atoms with van der Waals surface area (Å²) in [5.41, 5.74) is 0.0183. The van der Waals surface area contributed by atoms with Gasteiger partial charge in [-0.2, -0.15) is 13.2 Å². The fourth-order valence-electron chi connectivity index (χ4n) is 1.58. The lowest BCUT2D eigenvalue weighted by molar-refractivity contribution is -0.136. The third kappa shape index (κ3) is 2.78. The number of rotatable bonds is 4. The van der Waals surface area contributed by atoms with Gasteiger partial charge in [-0.25, -0.2) is 9.78 Å². The molecule has 0 bridgehead atoms. The van der Waals surface area contributed by atoms with Gasteiger partial charge in [-0.3, -0.25) is 4.40 Å². The van der Waals surface area contributed by atoms with Gasteiger partial charge in [0.15, 0.2) is 10.7 Å². The van der Waals surface area contributed by atoms with Crippen LogP contribution in [-0.2, 0) is 10.9 Å². The number of thiazole rings is 1. The average Bonchev–Trinajstić information content (AvgIpc) is 2.88. The van der Waals surface area contributed by atoms with Crippen LogP contribution in [0.3, 0.4) is 0 Å². The largest absolute Gasteiger partial charge is 0.461 e. The van der Waals surface area contributed by atoms with E-state index >= 15 is 0 Å². The highest BCUT2D eigenvalue weighted by molar-refractivity contribution is 7.99. The maximum Gasteiger partial charge on any atom is 0.428 e. The summed E-state index contributed by atoms with van der Waals surface area (Å²) in [4.78, 5) is 14.9. The van der Waals surface area contributed by atoms with Crippen LogP contribution in [0.5, 0.6) is 0 Å². The minimum atomic E-state index is -4.42. The highest BCUT2D eigenvalue weighted by Gasteiger charge is 2.38. The number of alkyl halides is 3. The molecule has 9 heteroatoms. The first kappa shape index (κ1) is 15.2. The second-order valence-corrected chi connectivity index (χ2v) is 5.90. The molecular formula is C11H11F3N2O2S2. The molecule has 2 heterocycles. The van der Waals surface area contributed by atoms with Crippen molar-refractivity contribution in [3.63, 3.8) is 0 Å². The lowest BCUT2D eigenvalue weighted by atomic mass is 10.5. The predicted molar refractivity (Wildman–Crippen MR) is 70.4 cm³/mol. The molecular weight excluding hydrogens is 313 g/mol. The third-order valence-corrected chi connectivity index (χ3v) is 4.49. The Bertz CT molecular complexity index is 633. The van der Waals surface area contributed by atoms with Crippen molar-refractivity contribution in [3.05, 3.63) is 16.8 Å². The number of ether oxygens (including phenoxy) is 1. The minimum Gasteiger partial charge on any atom is -0.461 e. The summed E-state index contributed by atoms with van der Waals surface area (Å²) in [6.45, 7) is 3.60. The zero-order valence-corrected chi connectivity index (χ0v) is 12.3. The summed E-state index contributed by atoms with van der Waals surface area (Å²) >= 11 is 1.59. The molecule has 4 nitrogen and oxygen atoms in total. The smallest absolute Gasteiger partial charge is 0.428 e. The molecule has 0 aliphatic rings. The maximum atomic E-state index is 12.9. The number of thioether (sulfide) groups is 1. The van der Waals surface area contributed by atoms with Gasteiger partial charge in [0.2, 0.25) is 0 Å². The number of esters is 1. The SMILES string of the molecule is CCOC(=O)c1cn2c(SCC)c(C(F)(F)F)sc2n1. The Balaban J connectivity index is 2.51. The summed E-state index contributed by atoms with van der Waals surface area (Å²) in [7, 11) is 0. The molecule has 0 spiro atoms. The van der Waals surface area contributed by atoms with Crippen LogP contribution in [0.1, 0.15) is 29.2 Å². The Morgan fingerprint density at radius 2 is 2.20 bits per heavy atom. The number of nitrogens with zero attached hydrogens (tertiary/aromatic N) is 2. The highest BCUT2D eigenvalue weighted by atomic mass is 32.2. The topological polar surface area (TPSA) is 43.6 Å². The molecule has 0 aliphatic carbocycles. The molecule has 0 fully saturated rings. The molecule has 0 unspecified atom stereocenters. The Morgan fingerprint density at radius 1 is 1.50 bits per heavy atom. The molecule has 20 heavy (non-hydrogen) atoms. The Hall–Kier alpha value is -1.22. The van der Waals surface area contributed by atoms with E-state index in [1.165, 1.54) is 10.6 Å². The van der Waals surface area contributed by atoms with Gasteiger partial charge in [-0.15, -0.1) is 11.8 Å². The molecule has 0 atom stereocenters. The predicted octanol–water partition coefficient (Wildman–Crippen LogP) is 3.70. The zero-order valence-electron chi connectivity index (χ0n) is 10.7. The molecule has 2 rings (SSSR count). The van der Waals surface area contributed by atoms with E-state index in [0.29, 0.717) is 17.1 Å². The molecule has 0 radical (unpaired) electrons. The molecule has 0 saturated carbocycles. The highest BCUT2D eigenvalue weighted by Crippen LogP contribution is 2.42. The Labute approximate surface area is 120 Å². The standard InChI is InChI=1S/C11H11F3N2O2S2/c1-3-18-9(17)6-5-16-8(19-4-2)7(11(12,13)14)20-10(16)15-6/h5H,3-4H2,1-2H3. The quantitative estimate of drug-likeness (QED) is 0.635. The lowest BCUT2D eigenvalue weighted by Gasteiger charge is -2.06. The van der Waals surface area contributed by atoms with Crippen LogP contribution in [0.15, 0.2) is 11.2 Å². The number of fused-ring (bicyclic) bond motifs is 1. The van der Waals surface area contributed by atoms with E-state index < -0.39 is 17.0 Å². The molecule has 110 valence electrons. The second-order valence-electron chi connectivity index (χ2n) is 3.67.